The zero-order valence-electron chi connectivity index (χ0n) is 9.68. The van der Waals surface area contributed by atoms with E-state index in [0.29, 0.717) is 0 Å². The molecule has 0 aliphatic carbocycles. The molecule has 1 heterocycles. The van der Waals surface area contributed by atoms with E-state index in [4.69, 9.17) is 9.15 Å². The highest BCUT2D eigenvalue weighted by Crippen LogP contribution is 2.22. The van der Waals surface area contributed by atoms with Gasteiger partial charge in [0.05, 0.1) is 21.3 Å². The third-order valence-corrected chi connectivity index (χ3v) is 1.97. The molecule has 17 heavy (non-hydrogen) atoms. The summed E-state index contributed by atoms with van der Waals surface area (Å²) in [5.41, 5.74) is 0. The zero-order valence-corrected chi connectivity index (χ0v) is 9.68. The minimum atomic E-state index is -1.07. The number of ether oxygens (including phenoxy) is 3. The SMILES string of the molecule is COC(=O)N[C@@H](C(=O)OC)c1ccc(OC)o1. The van der Waals surface area contributed by atoms with E-state index >= 15 is 0 Å². The lowest BCUT2D eigenvalue weighted by Gasteiger charge is -2.12. The Bertz CT molecular complexity index is 399. The zero-order chi connectivity index (χ0) is 12.8. The second-order valence-corrected chi connectivity index (χ2v) is 2.95. The first-order valence-corrected chi connectivity index (χ1v) is 4.68. The molecule has 0 unspecified atom stereocenters. The predicted molar refractivity (Wildman–Crippen MR) is 55.6 cm³/mol. The van der Waals surface area contributed by atoms with E-state index in [-0.39, 0.29) is 11.7 Å². The van der Waals surface area contributed by atoms with Crippen LogP contribution in [-0.4, -0.2) is 33.4 Å². The highest BCUT2D eigenvalue weighted by Gasteiger charge is 2.27. The van der Waals surface area contributed by atoms with E-state index in [1.165, 1.54) is 33.5 Å². The van der Waals surface area contributed by atoms with Crippen LogP contribution in [0.1, 0.15) is 11.8 Å². The molecule has 0 fully saturated rings. The van der Waals surface area contributed by atoms with Crippen LogP contribution in [0, 0.1) is 0 Å². The van der Waals surface area contributed by atoms with Crippen molar-refractivity contribution in [3.8, 4) is 5.95 Å². The van der Waals surface area contributed by atoms with Crippen molar-refractivity contribution in [1.29, 1.82) is 0 Å². The van der Waals surface area contributed by atoms with Crippen molar-refractivity contribution < 1.29 is 28.2 Å². The number of furan rings is 1. The topological polar surface area (TPSA) is 87.0 Å². The van der Waals surface area contributed by atoms with Crippen molar-refractivity contribution in [2.24, 2.45) is 0 Å². The van der Waals surface area contributed by atoms with Crippen molar-refractivity contribution in [3.63, 3.8) is 0 Å². The number of rotatable bonds is 4. The quantitative estimate of drug-likeness (QED) is 0.789. The van der Waals surface area contributed by atoms with Gasteiger partial charge in [0.2, 0.25) is 0 Å². The number of alkyl carbamates (subject to hydrolysis) is 1. The van der Waals surface area contributed by atoms with Gasteiger partial charge in [-0.15, -0.1) is 0 Å². The Kier molecular flexibility index (Phi) is 4.38. The van der Waals surface area contributed by atoms with Gasteiger partial charge in [0.15, 0.2) is 6.04 Å². The van der Waals surface area contributed by atoms with Gasteiger partial charge in [0, 0.05) is 6.07 Å². The average Bonchev–Trinajstić information content (AvgIpc) is 2.83. The van der Waals surface area contributed by atoms with Crippen molar-refractivity contribution in [2.45, 2.75) is 6.04 Å². The first-order chi connectivity index (χ1) is 8.12. The third-order valence-electron chi connectivity index (χ3n) is 1.97. The Hall–Kier alpha value is -2.18. The molecule has 1 aromatic rings. The van der Waals surface area contributed by atoms with E-state index in [9.17, 15) is 9.59 Å². The molecule has 0 aromatic carbocycles. The summed E-state index contributed by atoms with van der Waals surface area (Å²) in [4.78, 5) is 22.5. The third kappa shape index (κ3) is 3.13. The van der Waals surface area contributed by atoms with Crippen LogP contribution in [0.2, 0.25) is 0 Å². The maximum atomic E-state index is 11.5. The number of amides is 1. The molecule has 0 saturated heterocycles. The van der Waals surface area contributed by atoms with Gasteiger partial charge in [-0.25, -0.2) is 9.59 Å². The lowest BCUT2D eigenvalue weighted by molar-refractivity contribution is -0.143. The second-order valence-electron chi connectivity index (χ2n) is 2.95. The van der Waals surface area contributed by atoms with Gasteiger partial charge in [0.1, 0.15) is 5.76 Å². The number of nitrogens with one attached hydrogen (secondary N) is 1. The van der Waals surface area contributed by atoms with Gasteiger partial charge in [-0.2, -0.15) is 0 Å². The first-order valence-electron chi connectivity index (χ1n) is 4.68. The minimum absolute atomic E-state index is 0.194. The Labute approximate surface area is 97.6 Å². The van der Waals surface area contributed by atoms with E-state index in [1.807, 2.05) is 0 Å². The molecule has 0 saturated carbocycles. The number of hydrogen-bond acceptors (Lipinski definition) is 6. The van der Waals surface area contributed by atoms with Gasteiger partial charge < -0.3 is 23.9 Å². The van der Waals surface area contributed by atoms with Gasteiger partial charge in [-0.1, -0.05) is 0 Å². The van der Waals surface area contributed by atoms with E-state index in [2.05, 4.69) is 14.8 Å². The van der Waals surface area contributed by atoms with Crippen LogP contribution < -0.4 is 10.1 Å². The monoisotopic (exact) mass is 243 g/mol. The molecule has 1 rings (SSSR count). The van der Waals surface area contributed by atoms with E-state index < -0.39 is 18.1 Å². The summed E-state index contributed by atoms with van der Waals surface area (Å²) in [5.74, 6) is -0.257. The lowest BCUT2D eigenvalue weighted by Crippen LogP contribution is -2.34. The summed E-state index contributed by atoms with van der Waals surface area (Å²) in [7, 11) is 3.81. The standard InChI is InChI=1S/C10H13NO6/c1-14-7-5-4-6(17-7)8(9(12)15-2)11-10(13)16-3/h4-5,8H,1-3H3,(H,11,13)/t8-/m1/s1. The smallest absolute Gasteiger partial charge is 0.407 e. The van der Waals surface area contributed by atoms with E-state index in [1.54, 1.807) is 0 Å². The Balaban J connectivity index is 2.89. The van der Waals surface area contributed by atoms with Gasteiger partial charge in [0.25, 0.3) is 5.95 Å². The lowest BCUT2D eigenvalue weighted by atomic mass is 10.2. The summed E-state index contributed by atoms with van der Waals surface area (Å²) in [6.45, 7) is 0. The van der Waals surface area contributed by atoms with Crippen molar-refractivity contribution in [1.82, 2.24) is 5.32 Å². The molecule has 0 spiro atoms. The number of hydrogen-bond donors (Lipinski definition) is 1. The van der Waals surface area contributed by atoms with Crippen LogP contribution in [-0.2, 0) is 14.3 Å². The van der Waals surface area contributed by atoms with Gasteiger partial charge in [-0.05, 0) is 6.07 Å². The summed E-state index contributed by atoms with van der Waals surface area (Å²) in [5, 5.41) is 2.29. The Morgan fingerprint density at radius 2 is 1.94 bits per heavy atom. The maximum absolute atomic E-state index is 11.5. The largest absolute Gasteiger partial charge is 0.468 e. The molecule has 1 amide bonds. The van der Waals surface area contributed by atoms with Crippen molar-refractivity contribution >= 4 is 12.1 Å². The van der Waals surface area contributed by atoms with Gasteiger partial charge in [-0.3, -0.25) is 0 Å². The molecule has 1 atom stereocenters. The predicted octanol–water partition coefficient (Wildman–Crippen LogP) is 0.858. The van der Waals surface area contributed by atoms with Crippen molar-refractivity contribution in [3.05, 3.63) is 17.9 Å². The summed E-state index contributed by atoms with van der Waals surface area (Å²) in [6.07, 6.45) is -0.768. The average molecular weight is 243 g/mol. The molecule has 0 aliphatic heterocycles. The molecular weight excluding hydrogens is 230 g/mol. The Morgan fingerprint density at radius 1 is 1.24 bits per heavy atom. The van der Waals surface area contributed by atoms with E-state index in [0.717, 1.165) is 0 Å². The molecule has 0 bridgehead atoms. The molecule has 1 aromatic heterocycles. The Morgan fingerprint density at radius 3 is 2.41 bits per heavy atom. The normalized spacial score (nSPS) is 11.5. The fourth-order valence-corrected chi connectivity index (χ4v) is 1.14. The van der Waals surface area contributed by atoms with Gasteiger partial charge >= 0.3 is 12.1 Å². The van der Waals surface area contributed by atoms with Crippen LogP contribution in [0.15, 0.2) is 16.5 Å². The highest BCUT2D eigenvalue weighted by molar-refractivity contribution is 5.82. The number of carbonyl (C=O) groups excluding carboxylic acids is 2. The van der Waals surface area contributed by atoms with Crippen LogP contribution in [0.4, 0.5) is 4.79 Å². The van der Waals surface area contributed by atoms with Crippen LogP contribution in [0.3, 0.4) is 0 Å². The number of methoxy groups -OCH3 is 3. The highest BCUT2D eigenvalue weighted by atomic mass is 16.6. The second kappa shape index (κ2) is 5.78. The summed E-state index contributed by atoms with van der Waals surface area (Å²) < 4.78 is 18.9. The molecule has 0 radical (unpaired) electrons. The summed E-state index contributed by atoms with van der Waals surface area (Å²) in [6, 6.07) is 1.94. The fraction of sp³-hybridized carbons (Fsp3) is 0.400. The van der Waals surface area contributed by atoms with Crippen LogP contribution in [0.25, 0.3) is 0 Å². The van der Waals surface area contributed by atoms with Crippen LogP contribution >= 0.6 is 0 Å². The molecule has 7 nitrogen and oxygen atoms in total. The van der Waals surface area contributed by atoms with Crippen molar-refractivity contribution in [2.75, 3.05) is 21.3 Å². The molecule has 7 heteroatoms. The molecular formula is C10H13NO6. The number of esters is 1. The summed E-state index contributed by atoms with van der Waals surface area (Å²) >= 11 is 0. The fourth-order valence-electron chi connectivity index (χ4n) is 1.14. The van der Waals surface area contributed by atoms with Crippen LogP contribution in [0.5, 0.6) is 5.95 Å². The molecule has 1 N–H and O–H groups in total. The first kappa shape index (κ1) is 12.9. The maximum Gasteiger partial charge on any atom is 0.407 e. The number of carbonyl (C=O) groups is 2. The molecule has 0 aliphatic rings. The minimum Gasteiger partial charge on any atom is -0.468 e. The molecule has 94 valence electrons.